The molecule has 0 radical (unpaired) electrons. The summed E-state index contributed by atoms with van der Waals surface area (Å²) < 4.78 is 17.4. The van der Waals surface area contributed by atoms with E-state index >= 15 is 0 Å². The number of rotatable bonds is 6. The van der Waals surface area contributed by atoms with Gasteiger partial charge in [0.2, 0.25) is 5.95 Å². The third-order valence-electron chi connectivity index (χ3n) is 7.27. The Labute approximate surface area is 216 Å². The first-order chi connectivity index (χ1) is 17.9. The fourth-order valence-electron chi connectivity index (χ4n) is 5.43. The Morgan fingerprint density at radius 2 is 1.86 bits per heavy atom. The van der Waals surface area contributed by atoms with Crippen molar-refractivity contribution in [2.75, 3.05) is 43.1 Å². The second kappa shape index (κ2) is 9.30. The number of oxazole rings is 1. The Kier molecular flexibility index (Phi) is 5.95. The number of anilines is 3. The number of aromatic nitrogens is 4. The quantitative estimate of drug-likeness (QED) is 0.375. The van der Waals surface area contributed by atoms with Crippen molar-refractivity contribution in [3.8, 4) is 17.1 Å². The molecule has 0 unspecified atom stereocenters. The minimum absolute atomic E-state index is 0.346. The van der Waals surface area contributed by atoms with E-state index in [1.165, 1.54) is 0 Å². The van der Waals surface area contributed by atoms with Gasteiger partial charge in [0, 0.05) is 61.5 Å². The number of benzene rings is 1. The topological polar surface area (TPSA) is 98.4 Å². The molecule has 2 aliphatic heterocycles. The number of pyridine rings is 1. The molecule has 2 saturated heterocycles. The zero-order valence-corrected chi connectivity index (χ0v) is 21.8. The van der Waals surface area contributed by atoms with E-state index < -0.39 is 0 Å². The summed E-state index contributed by atoms with van der Waals surface area (Å²) in [4.78, 5) is 21.1. The number of fused-ring (bicyclic) bond motifs is 1. The van der Waals surface area contributed by atoms with Gasteiger partial charge in [-0.15, -0.1) is 0 Å². The van der Waals surface area contributed by atoms with Crippen LogP contribution in [0.4, 0.5) is 17.5 Å². The van der Waals surface area contributed by atoms with Crippen LogP contribution in [0, 0.1) is 26.2 Å². The lowest BCUT2D eigenvalue weighted by atomic mass is 9.73. The number of ether oxygens (including phenoxy) is 2. The fourth-order valence-corrected chi connectivity index (χ4v) is 5.43. The predicted molar refractivity (Wildman–Crippen MR) is 143 cm³/mol. The molecule has 0 aliphatic carbocycles. The highest BCUT2D eigenvalue weighted by Crippen LogP contribution is 2.43. The van der Waals surface area contributed by atoms with Gasteiger partial charge in [-0.2, -0.15) is 0 Å². The minimum Gasteiger partial charge on any atom is -0.492 e. The summed E-state index contributed by atoms with van der Waals surface area (Å²) >= 11 is 0. The highest BCUT2D eigenvalue weighted by Gasteiger charge is 2.45. The summed E-state index contributed by atoms with van der Waals surface area (Å²) in [6, 6.07) is 7.95. The molecule has 4 aromatic rings. The number of hydrogen-bond acceptors (Lipinski definition) is 9. The average Bonchev–Trinajstić information content (AvgIpc) is 3.21. The van der Waals surface area contributed by atoms with Crippen LogP contribution >= 0.6 is 0 Å². The molecule has 0 bridgehead atoms. The lowest BCUT2D eigenvalue weighted by Crippen LogP contribution is -2.59. The number of hydrogen-bond donors (Lipinski definition) is 1. The molecule has 3 aromatic heterocycles. The van der Waals surface area contributed by atoms with Crippen LogP contribution in [-0.2, 0) is 4.74 Å². The fraction of sp³-hybridized carbons (Fsp3) is 0.429. The van der Waals surface area contributed by atoms with Gasteiger partial charge >= 0.3 is 0 Å². The highest BCUT2D eigenvalue weighted by atomic mass is 16.5. The van der Waals surface area contributed by atoms with Crippen LogP contribution in [-0.4, -0.2) is 52.8 Å². The van der Waals surface area contributed by atoms with Crippen LogP contribution in [0.5, 0.6) is 5.75 Å². The van der Waals surface area contributed by atoms with Gasteiger partial charge in [0.25, 0.3) is 0 Å². The molecular weight excluding hydrogens is 468 g/mol. The van der Waals surface area contributed by atoms with Crippen molar-refractivity contribution in [1.29, 1.82) is 0 Å². The molecule has 0 atom stereocenters. The molecule has 37 heavy (non-hydrogen) atoms. The van der Waals surface area contributed by atoms with Crippen molar-refractivity contribution in [2.45, 2.75) is 40.5 Å². The molecule has 192 valence electrons. The Morgan fingerprint density at radius 1 is 1.05 bits per heavy atom. The van der Waals surface area contributed by atoms with E-state index in [4.69, 9.17) is 23.9 Å². The van der Waals surface area contributed by atoms with Gasteiger partial charge in [-0.1, -0.05) is 0 Å². The van der Waals surface area contributed by atoms with Crippen LogP contribution in [0.3, 0.4) is 0 Å². The first-order valence-corrected chi connectivity index (χ1v) is 12.9. The van der Waals surface area contributed by atoms with Gasteiger partial charge in [0.15, 0.2) is 17.5 Å². The Balaban J connectivity index is 1.31. The molecule has 9 nitrogen and oxygen atoms in total. The van der Waals surface area contributed by atoms with Gasteiger partial charge in [0.05, 0.1) is 18.0 Å². The Hall–Kier alpha value is -3.72. The third kappa shape index (κ3) is 4.48. The number of nitrogens with one attached hydrogen (secondary N) is 1. The van der Waals surface area contributed by atoms with Crippen LogP contribution in [0.15, 0.2) is 34.9 Å². The predicted octanol–water partition coefficient (Wildman–Crippen LogP) is 5.36. The van der Waals surface area contributed by atoms with E-state index in [9.17, 15) is 0 Å². The second-order valence-electron chi connectivity index (χ2n) is 10.1. The van der Waals surface area contributed by atoms with Crippen molar-refractivity contribution < 1.29 is 13.9 Å². The van der Waals surface area contributed by atoms with E-state index in [0.29, 0.717) is 29.6 Å². The molecule has 2 aliphatic rings. The maximum absolute atomic E-state index is 5.96. The number of aryl methyl sites for hydroxylation is 3. The SMILES string of the molecule is CCOc1cc(-c2oc(C)nc2C)ccc1Nc1ncc2cc(C)nc(N3CC4(CCOCC4)C3)c2n1. The summed E-state index contributed by atoms with van der Waals surface area (Å²) in [6.07, 6.45) is 4.08. The molecule has 6 rings (SSSR count). The monoisotopic (exact) mass is 500 g/mol. The first kappa shape index (κ1) is 23.7. The summed E-state index contributed by atoms with van der Waals surface area (Å²) in [5, 5.41) is 4.35. The summed E-state index contributed by atoms with van der Waals surface area (Å²) in [7, 11) is 0. The van der Waals surface area contributed by atoms with Gasteiger partial charge in [0.1, 0.15) is 11.3 Å². The Bertz CT molecular complexity index is 1450. The van der Waals surface area contributed by atoms with E-state index in [0.717, 1.165) is 84.3 Å². The largest absolute Gasteiger partial charge is 0.492 e. The average molecular weight is 501 g/mol. The highest BCUT2D eigenvalue weighted by molar-refractivity contribution is 5.90. The van der Waals surface area contributed by atoms with Crippen molar-refractivity contribution in [1.82, 2.24) is 19.9 Å². The number of nitrogens with zero attached hydrogens (tertiary/aromatic N) is 5. The molecule has 1 N–H and O–H groups in total. The standard InChI is InChI=1S/C28H32N6O3/c1-5-36-23-13-20(25-18(3)31-19(4)37-25)6-7-22(23)32-27-29-14-21-12-17(2)30-26(24(21)33-27)34-15-28(16-34)8-10-35-11-9-28/h6-7,12-14H,5,8-11,15-16H2,1-4H3,(H,29,32,33). The van der Waals surface area contributed by atoms with E-state index in [1.807, 2.05) is 58.2 Å². The molecule has 1 aromatic carbocycles. The van der Waals surface area contributed by atoms with Crippen molar-refractivity contribution in [3.05, 3.63) is 47.7 Å². The smallest absolute Gasteiger partial charge is 0.227 e. The Morgan fingerprint density at radius 3 is 2.59 bits per heavy atom. The summed E-state index contributed by atoms with van der Waals surface area (Å²) in [5.74, 6) is 3.51. The molecule has 0 saturated carbocycles. The van der Waals surface area contributed by atoms with Gasteiger partial charge in [-0.05, 0) is 57.9 Å². The second-order valence-corrected chi connectivity index (χ2v) is 10.1. The van der Waals surface area contributed by atoms with Crippen LogP contribution < -0.4 is 15.0 Å². The maximum atomic E-state index is 5.96. The van der Waals surface area contributed by atoms with E-state index in [1.54, 1.807) is 0 Å². The molecule has 2 fully saturated rings. The lowest BCUT2D eigenvalue weighted by molar-refractivity contribution is -0.000372. The van der Waals surface area contributed by atoms with Crippen molar-refractivity contribution in [3.63, 3.8) is 0 Å². The van der Waals surface area contributed by atoms with Crippen molar-refractivity contribution in [2.24, 2.45) is 5.41 Å². The van der Waals surface area contributed by atoms with E-state index in [-0.39, 0.29) is 0 Å². The molecule has 1 spiro atoms. The lowest BCUT2D eigenvalue weighted by Gasteiger charge is -2.52. The zero-order chi connectivity index (χ0) is 25.6. The zero-order valence-electron chi connectivity index (χ0n) is 21.8. The molecule has 9 heteroatoms. The van der Waals surface area contributed by atoms with Crippen LogP contribution in [0.25, 0.3) is 22.2 Å². The third-order valence-corrected chi connectivity index (χ3v) is 7.27. The summed E-state index contributed by atoms with van der Waals surface area (Å²) in [6.45, 7) is 12.0. The maximum Gasteiger partial charge on any atom is 0.227 e. The molecule has 0 amide bonds. The minimum atomic E-state index is 0.346. The van der Waals surface area contributed by atoms with Gasteiger partial charge in [-0.25, -0.2) is 19.9 Å². The van der Waals surface area contributed by atoms with Gasteiger partial charge < -0.3 is 24.1 Å². The van der Waals surface area contributed by atoms with Crippen LogP contribution in [0.1, 0.15) is 37.0 Å². The van der Waals surface area contributed by atoms with E-state index in [2.05, 4.69) is 20.2 Å². The molecule has 5 heterocycles. The normalized spacial score (nSPS) is 16.7. The van der Waals surface area contributed by atoms with Gasteiger partial charge in [-0.3, -0.25) is 0 Å². The summed E-state index contributed by atoms with van der Waals surface area (Å²) in [5.41, 5.74) is 4.71. The van der Waals surface area contributed by atoms with Crippen molar-refractivity contribution >= 4 is 28.4 Å². The molecular formula is C28H32N6O3. The first-order valence-electron chi connectivity index (χ1n) is 12.9. The van der Waals surface area contributed by atoms with Crippen LogP contribution in [0.2, 0.25) is 0 Å².